The molecule has 65 heavy (non-hydrogen) atoms. The third-order valence-corrected chi connectivity index (χ3v) is 12.8. The first kappa shape index (κ1) is 36.8. The molecular formula is C60H39N5. The summed E-state index contributed by atoms with van der Waals surface area (Å²) in [6, 6.07) is 84.4. The predicted octanol–water partition coefficient (Wildman–Crippen LogP) is 16.3. The molecule has 0 aliphatic carbocycles. The summed E-state index contributed by atoms with van der Waals surface area (Å²) in [5, 5.41) is 8.97. The highest BCUT2D eigenvalue weighted by molar-refractivity contribution is 6.27. The number of rotatable bonds is 7. The van der Waals surface area contributed by atoms with E-state index in [-0.39, 0.29) is 0 Å². The number of nitrogens with zero attached hydrogens (tertiary/aromatic N) is 5. The van der Waals surface area contributed by atoms with Crippen molar-refractivity contribution >= 4 is 110 Å². The summed E-state index contributed by atoms with van der Waals surface area (Å²) >= 11 is 0. The van der Waals surface area contributed by atoms with Crippen molar-refractivity contribution in [2.45, 2.75) is 0 Å². The van der Waals surface area contributed by atoms with Crippen LogP contribution < -0.4 is 9.80 Å². The molecule has 13 aromatic rings. The number of fused-ring (bicyclic) bond motifs is 12. The molecule has 0 atom stereocenters. The first-order chi connectivity index (χ1) is 32.2. The highest BCUT2D eigenvalue weighted by Gasteiger charge is 2.22. The highest BCUT2D eigenvalue weighted by atomic mass is 15.1. The minimum Gasteiger partial charge on any atom is -0.310 e. The summed E-state index contributed by atoms with van der Waals surface area (Å²) in [5.74, 6) is 0. The quantitative estimate of drug-likeness (QED) is 0.118. The van der Waals surface area contributed by atoms with Gasteiger partial charge in [0.15, 0.2) is 0 Å². The molecule has 5 nitrogen and oxygen atoms in total. The lowest BCUT2D eigenvalue weighted by molar-refractivity contribution is 1.19. The Morgan fingerprint density at radius 2 is 0.785 bits per heavy atom. The molecule has 0 unspecified atom stereocenters. The topological polar surface area (TPSA) is 37.2 Å². The summed E-state index contributed by atoms with van der Waals surface area (Å²) in [6.45, 7) is 0. The molecule has 0 saturated carbocycles. The molecule has 0 saturated heterocycles. The lowest BCUT2D eigenvalue weighted by atomic mass is 9.97. The van der Waals surface area contributed by atoms with Crippen molar-refractivity contribution in [1.29, 1.82) is 0 Å². The Balaban J connectivity index is 1.11. The summed E-state index contributed by atoms with van der Waals surface area (Å²) in [5.41, 5.74) is 13.3. The monoisotopic (exact) mass is 829 g/mol. The van der Waals surface area contributed by atoms with Crippen molar-refractivity contribution in [1.82, 2.24) is 14.5 Å². The van der Waals surface area contributed by atoms with Crippen LogP contribution in [0.1, 0.15) is 0 Å². The van der Waals surface area contributed by atoms with E-state index in [1.54, 1.807) is 0 Å². The number of benzene rings is 11. The van der Waals surface area contributed by atoms with Crippen LogP contribution in [-0.2, 0) is 0 Å². The van der Waals surface area contributed by atoms with Gasteiger partial charge in [0, 0.05) is 61.4 Å². The van der Waals surface area contributed by atoms with Gasteiger partial charge in [-0.15, -0.1) is 0 Å². The van der Waals surface area contributed by atoms with Crippen LogP contribution in [0.25, 0.3) is 81.9 Å². The second-order valence-electron chi connectivity index (χ2n) is 16.6. The van der Waals surface area contributed by atoms with Crippen LogP contribution in [0.3, 0.4) is 0 Å². The van der Waals surface area contributed by atoms with E-state index in [0.717, 1.165) is 105 Å². The predicted molar refractivity (Wildman–Crippen MR) is 273 cm³/mol. The lowest BCUT2D eigenvalue weighted by Gasteiger charge is -2.27. The number of anilines is 6. The van der Waals surface area contributed by atoms with Crippen LogP contribution in [0, 0.1) is 0 Å². The van der Waals surface area contributed by atoms with E-state index in [1.165, 1.54) is 10.8 Å². The van der Waals surface area contributed by atoms with E-state index in [2.05, 4.69) is 251 Å². The molecule has 0 bridgehead atoms. The van der Waals surface area contributed by atoms with Crippen LogP contribution in [0.15, 0.2) is 237 Å². The summed E-state index contributed by atoms with van der Waals surface area (Å²) in [6.07, 6.45) is 0. The maximum absolute atomic E-state index is 5.73. The van der Waals surface area contributed by atoms with Crippen LogP contribution in [0.4, 0.5) is 34.1 Å². The van der Waals surface area contributed by atoms with Crippen molar-refractivity contribution < 1.29 is 0 Å². The standard InChI is InChI=1S/C60H39N5/c1-5-19-42(20-6-1)63(43-21-7-2-8-22-43)47-31-33-49-52(38-47)53-39-48(64(44-23-9-3-10-24-44)45-25-11-4-12-26-45)32-34-50(53)59-58(49)61-54-35-36-56-57(60(54)62-59)51-27-15-16-28-55(51)65(56)46-30-29-40-17-13-14-18-41(40)37-46/h1-39H. The first-order valence-corrected chi connectivity index (χ1v) is 22.1. The normalized spacial score (nSPS) is 11.7. The average molecular weight is 830 g/mol. The molecule has 0 aliphatic heterocycles. The molecule has 0 aliphatic rings. The molecular weight excluding hydrogens is 791 g/mol. The zero-order chi connectivity index (χ0) is 42.8. The summed E-state index contributed by atoms with van der Waals surface area (Å²) in [4.78, 5) is 16.0. The Morgan fingerprint density at radius 1 is 0.292 bits per heavy atom. The van der Waals surface area contributed by atoms with Gasteiger partial charge in [0.05, 0.1) is 33.1 Å². The Bertz CT molecular complexity index is 3860. The van der Waals surface area contributed by atoms with E-state index in [9.17, 15) is 0 Å². The van der Waals surface area contributed by atoms with Crippen molar-refractivity contribution in [2.75, 3.05) is 9.80 Å². The lowest BCUT2D eigenvalue weighted by Crippen LogP contribution is -2.10. The minimum atomic E-state index is 0.863. The molecule has 0 N–H and O–H groups in total. The fourth-order valence-corrected chi connectivity index (χ4v) is 9.95. The Hall–Kier alpha value is -8.80. The van der Waals surface area contributed by atoms with Crippen LogP contribution >= 0.6 is 0 Å². The highest BCUT2D eigenvalue weighted by Crippen LogP contribution is 2.44. The maximum Gasteiger partial charge on any atom is 0.0995 e. The third kappa shape index (κ3) is 6.01. The van der Waals surface area contributed by atoms with Gasteiger partial charge in [0.2, 0.25) is 0 Å². The Morgan fingerprint density at radius 3 is 1.35 bits per heavy atom. The van der Waals surface area contributed by atoms with Gasteiger partial charge in [-0.25, -0.2) is 9.97 Å². The van der Waals surface area contributed by atoms with Gasteiger partial charge in [-0.05, 0) is 125 Å². The smallest absolute Gasteiger partial charge is 0.0995 e. The SMILES string of the molecule is c1ccc(N(c2ccccc2)c2ccc3c(c2)c2cc(N(c4ccccc4)c4ccccc4)ccc2c2nc4c(ccc5c4c4ccccc4n5-c4ccc5ccccc5c4)nc32)cc1. The molecule has 13 rings (SSSR count). The molecule has 2 aromatic heterocycles. The molecule has 5 heteroatoms. The van der Waals surface area contributed by atoms with Gasteiger partial charge in [0.1, 0.15) is 0 Å². The van der Waals surface area contributed by atoms with Gasteiger partial charge in [-0.2, -0.15) is 0 Å². The number of para-hydroxylation sites is 5. The third-order valence-electron chi connectivity index (χ3n) is 12.8. The van der Waals surface area contributed by atoms with E-state index in [0.29, 0.717) is 0 Å². The van der Waals surface area contributed by atoms with Gasteiger partial charge in [0.25, 0.3) is 0 Å². The Kier molecular flexibility index (Phi) is 8.46. The number of hydrogen-bond donors (Lipinski definition) is 0. The van der Waals surface area contributed by atoms with Gasteiger partial charge >= 0.3 is 0 Å². The Labute approximate surface area is 375 Å². The van der Waals surface area contributed by atoms with Gasteiger partial charge in [-0.3, -0.25) is 0 Å². The van der Waals surface area contributed by atoms with Crippen molar-refractivity contribution in [2.24, 2.45) is 0 Å². The largest absolute Gasteiger partial charge is 0.310 e. The van der Waals surface area contributed by atoms with Gasteiger partial charge in [-0.1, -0.05) is 133 Å². The van der Waals surface area contributed by atoms with E-state index < -0.39 is 0 Å². The molecule has 11 aromatic carbocycles. The summed E-state index contributed by atoms with van der Waals surface area (Å²) in [7, 11) is 0. The fourth-order valence-electron chi connectivity index (χ4n) is 9.95. The maximum atomic E-state index is 5.73. The van der Waals surface area contributed by atoms with Crippen LogP contribution in [0.2, 0.25) is 0 Å². The molecule has 0 radical (unpaired) electrons. The second-order valence-corrected chi connectivity index (χ2v) is 16.6. The molecule has 0 amide bonds. The van der Waals surface area contributed by atoms with Crippen LogP contribution in [-0.4, -0.2) is 14.5 Å². The van der Waals surface area contributed by atoms with E-state index >= 15 is 0 Å². The van der Waals surface area contributed by atoms with Crippen molar-refractivity contribution in [3.05, 3.63) is 237 Å². The van der Waals surface area contributed by atoms with Gasteiger partial charge < -0.3 is 14.4 Å². The van der Waals surface area contributed by atoms with E-state index in [1.807, 2.05) is 0 Å². The summed E-state index contributed by atoms with van der Waals surface area (Å²) < 4.78 is 2.38. The minimum absolute atomic E-state index is 0.863. The number of hydrogen-bond acceptors (Lipinski definition) is 4. The fraction of sp³-hybridized carbons (Fsp3) is 0. The van der Waals surface area contributed by atoms with Crippen molar-refractivity contribution in [3.8, 4) is 5.69 Å². The number of aromatic nitrogens is 3. The molecule has 0 fully saturated rings. The second kappa shape index (κ2) is 14.9. The molecule has 0 spiro atoms. The zero-order valence-corrected chi connectivity index (χ0v) is 35.3. The van der Waals surface area contributed by atoms with E-state index in [4.69, 9.17) is 9.97 Å². The molecule has 2 heterocycles. The molecule has 304 valence electrons. The van der Waals surface area contributed by atoms with Crippen molar-refractivity contribution in [3.63, 3.8) is 0 Å². The van der Waals surface area contributed by atoms with Crippen LogP contribution in [0.5, 0.6) is 0 Å². The zero-order valence-electron chi connectivity index (χ0n) is 35.3. The first-order valence-electron chi connectivity index (χ1n) is 22.1. The average Bonchev–Trinajstić information content (AvgIpc) is 3.72.